The number of amides is 1. The Morgan fingerprint density at radius 3 is 2.83 bits per heavy atom. The lowest BCUT2D eigenvalue weighted by molar-refractivity contribution is 0.0950. The quantitative estimate of drug-likeness (QED) is 0.768. The third-order valence-corrected chi connectivity index (χ3v) is 3.74. The zero-order valence-electron chi connectivity index (χ0n) is 13.5. The Balaban J connectivity index is 2.15. The number of aromatic nitrogens is 4. The molecule has 7 nitrogen and oxygen atoms in total. The minimum absolute atomic E-state index is 0.248. The van der Waals surface area contributed by atoms with Crippen LogP contribution in [0.4, 0.5) is 5.82 Å². The van der Waals surface area contributed by atoms with Gasteiger partial charge in [-0.1, -0.05) is 6.92 Å². The number of hydrogen-bond donors (Lipinski definition) is 2. The van der Waals surface area contributed by atoms with Gasteiger partial charge in [0.2, 0.25) is 0 Å². The van der Waals surface area contributed by atoms with Crippen LogP contribution in [-0.4, -0.2) is 31.6 Å². The smallest absolute Gasteiger partial charge is 0.273 e. The molecule has 0 bridgehead atoms. The molecule has 3 N–H and O–H groups in total. The van der Waals surface area contributed by atoms with Gasteiger partial charge in [0.05, 0.1) is 5.69 Å². The fraction of sp³-hybridized carbons (Fsp3) is 0.312. The minimum Gasteiger partial charge on any atom is -0.383 e. The van der Waals surface area contributed by atoms with Gasteiger partial charge >= 0.3 is 0 Å². The largest absolute Gasteiger partial charge is 0.383 e. The van der Waals surface area contributed by atoms with Crippen molar-refractivity contribution in [2.75, 3.05) is 12.3 Å². The summed E-state index contributed by atoms with van der Waals surface area (Å²) in [5.74, 6) is 0.0962. The molecule has 3 aromatic heterocycles. The standard InChI is InChI=1S/C16H20N6O/c1-4-7-18-16(23)13-14(17)22-8-5-6-11(15(22)19-13)12-9-21(3)20-10(12)2/h5-6,8-9H,4,7,17H2,1-3H3,(H,18,23). The number of hydrogen-bond acceptors (Lipinski definition) is 4. The molecule has 1 amide bonds. The zero-order valence-corrected chi connectivity index (χ0v) is 13.5. The first-order valence-corrected chi connectivity index (χ1v) is 7.58. The van der Waals surface area contributed by atoms with Crippen molar-refractivity contribution in [3.63, 3.8) is 0 Å². The molecule has 120 valence electrons. The van der Waals surface area contributed by atoms with Crippen LogP contribution >= 0.6 is 0 Å². The second kappa shape index (κ2) is 5.75. The van der Waals surface area contributed by atoms with Crippen molar-refractivity contribution >= 4 is 17.4 Å². The summed E-state index contributed by atoms with van der Waals surface area (Å²) in [4.78, 5) is 16.7. The fourth-order valence-electron chi connectivity index (χ4n) is 2.65. The Kier molecular flexibility index (Phi) is 3.77. The topological polar surface area (TPSA) is 90.2 Å². The van der Waals surface area contributed by atoms with Gasteiger partial charge in [-0.05, 0) is 25.5 Å². The highest BCUT2D eigenvalue weighted by atomic mass is 16.1. The van der Waals surface area contributed by atoms with Crippen molar-refractivity contribution in [3.05, 3.63) is 35.9 Å². The van der Waals surface area contributed by atoms with Gasteiger partial charge in [0.15, 0.2) is 5.69 Å². The van der Waals surface area contributed by atoms with Crippen molar-refractivity contribution in [2.24, 2.45) is 7.05 Å². The zero-order chi connectivity index (χ0) is 16.6. The second-order valence-electron chi connectivity index (χ2n) is 5.52. The van der Waals surface area contributed by atoms with Crippen LogP contribution in [0.25, 0.3) is 16.8 Å². The third-order valence-electron chi connectivity index (χ3n) is 3.74. The fourth-order valence-corrected chi connectivity index (χ4v) is 2.65. The Bertz CT molecular complexity index is 876. The molecule has 0 aromatic carbocycles. The number of nitrogens with two attached hydrogens (primary N) is 1. The SMILES string of the molecule is CCCNC(=O)c1nc2c(-c3cn(C)nc3C)cccn2c1N. The van der Waals surface area contributed by atoms with E-state index in [1.54, 1.807) is 9.08 Å². The Morgan fingerprint density at radius 1 is 1.39 bits per heavy atom. The molecule has 0 aliphatic carbocycles. The van der Waals surface area contributed by atoms with E-state index in [9.17, 15) is 4.79 Å². The summed E-state index contributed by atoms with van der Waals surface area (Å²) in [7, 11) is 1.88. The van der Waals surface area contributed by atoms with Gasteiger partial charge in [-0.15, -0.1) is 0 Å². The summed E-state index contributed by atoms with van der Waals surface area (Å²) in [6.07, 6.45) is 4.61. The summed E-state index contributed by atoms with van der Waals surface area (Å²) in [5.41, 5.74) is 9.81. The summed E-state index contributed by atoms with van der Waals surface area (Å²) in [6.45, 7) is 4.54. The van der Waals surface area contributed by atoms with Crippen molar-refractivity contribution in [3.8, 4) is 11.1 Å². The number of nitrogens with one attached hydrogen (secondary N) is 1. The average molecular weight is 312 g/mol. The number of pyridine rings is 1. The molecule has 3 aromatic rings. The first-order chi connectivity index (χ1) is 11.0. The van der Waals surface area contributed by atoms with Crippen LogP contribution in [0.5, 0.6) is 0 Å². The highest BCUT2D eigenvalue weighted by molar-refractivity contribution is 5.98. The Hall–Kier alpha value is -2.83. The summed E-state index contributed by atoms with van der Waals surface area (Å²) >= 11 is 0. The molecule has 0 unspecified atom stereocenters. The minimum atomic E-state index is -0.248. The maximum Gasteiger partial charge on any atom is 0.273 e. The number of carbonyl (C=O) groups excluding carboxylic acids is 1. The second-order valence-corrected chi connectivity index (χ2v) is 5.52. The lowest BCUT2D eigenvalue weighted by atomic mass is 10.1. The molecule has 3 heterocycles. The van der Waals surface area contributed by atoms with Crippen molar-refractivity contribution in [2.45, 2.75) is 20.3 Å². The number of nitrogens with zero attached hydrogens (tertiary/aromatic N) is 4. The molecule has 0 radical (unpaired) electrons. The van der Waals surface area contributed by atoms with E-state index in [1.807, 2.05) is 45.4 Å². The van der Waals surface area contributed by atoms with Crippen LogP contribution in [0.2, 0.25) is 0 Å². The van der Waals surface area contributed by atoms with Crippen LogP contribution in [0, 0.1) is 6.92 Å². The van der Waals surface area contributed by atoms with Crippen molar-refractivity contribution < 1.29 is 4.79 Å². The van der Waals surface area contributed by atoms with Gasteiger partial charge in [0, 0.05) is 37.1 Å². The monoisotopic (exact) mass is 312 g/mol. The summed E-state index contributed by atoms with van der Waals surface area (Å²) in [5, 5.41) is 7.18. The molecule has 0 aliphatic heterocycles. The van der Waals surface area contributed by atoms with Crippen molar-refractivity contribution in [1.29, 1.82) is 0 Å². The van der Waals surface area contributed by atoms with E-state index in [0.29, 0.717) is 18.0 Å². The predicted molar refractivity (Wildman–Crippen MR) is 89.2 cm³/mol. The molecular weight excluding hydrogens is 292 g/mol. The van der Waals surface area contributed by atoms with E-state index in [4.69, 9.17) is 5.73 Å². The lowest BCUT2D eigenvalue weighted by Crippen LogP contribution is -2.25. The molecule has 0 spiro atoms. The Morgan fingerprint density at radius 2 is 2.17 bits per heavy atom. The van der Waals surface area contributed by atoms with Gasteiger partial charge in [0.1, 0.15) is 11.5 Å². The first kappa shape index (κ1) is 15.1. The lowest BCUT2D eigenvalue weighted by Gasteiger charge is -2.02. The van der Waals surface area contributed by atoms with Crippen LogP contribution in [-0.2, 0) is 7.05 Å². The third kappa shape index (κ3) is 2.54. The summed E-state index contributed by atoms with van der Waals surface area (Å²) in [6, 6.07) is 3.85. The van der Waals surface area contributed by atoms with Crippen LogP contribution in [0.1, 0.15) is 29.5 Å². The number of aryl methyl sites for hydroxylation is 2. The molecule has 0 fully saturated rings. The van der Waals surface area contributed by atoms with E-state index < -0.39 is 0 Å². The number of imidazole rings is 1. The van der Waals surface area contributed by atoms with E-state index in [2.05, 4.69) is 15.4 Å². The van der Waals surface area contributed by atoms with Gasteiger partial charge in [-0.2, -0.15) is 5.10 Å². The van der Waals surface area contributed by atoms with Gasteiger partial charge in [0.25, 0.3) is 5.91 Å². The average Bonchev–Trinajstić information content (AvgIpc) is 3.04. The molecular formula is C16H20N6O. The molecule has 0 saturated heterocycles. The molecule has 23 heavy (non-hydrogen) atoms. The van der Waals surface area contributed by atoms with E-state index in [-0.39, 0.29) is 11.6 Å². The number of fused-ring (bicyclic) bond motifs is 1. The molecule has 3 rings (SSSR count). The van der Waals surface area contributed by atoms with E-state index >= 15 is 0 Å². The van der Waals surface area contributed by atoms with Crippen molar-refractivity contribution in [1.82, 2.24) is 24.5 Å². The number of nitrogen functional groups attached to an aromatic ring is 1. The molecule has 0 aliphatic rings. The van der Waals surface area contributed by atoms with E-state index in [1.165, 1.54) is 0 Å². The highest BCUT2D eigenvalue weighted by Crippen LogP contribution is 2.28. The molecule has 0 saturated carbocycles. The normalized spacial score (nSPS) is 11.1. The van der Waals surface area contributed by atoms with Gasteiger partial charge in [-0.25, -0.2) is 4.98 Å². The molecule has 7 heteroatoms. The Labute approximate surface area is 134 Å². The number of anilines is 1. The first-order valence-electron chi connectivity index (χ1n) is 7.58. The molecule has 0 atom stereocenters. The van der Waals surface area contributed by atoms with Gasteiger partial charge < -0.3 is 11.1 Å². The van der Waals surface area contributed by atoms with Crippen LogP contribution < -0.4 is 11.1 Å². The highest BCUT2D eigenvalue weighted by Gasteiger charge is 2.19. The van der Waals surface area contributed by atoms with Gasteiger partial charge in [-0.3, -0.25) is 13.9 Å². The van der Waals surface area contributed by atoms with Crippen LogP contribution in [0.15, 0.2) is 24.5 Å². The summed E-state index contributed by atoms with van der Waals surface area (Å²) < 4.78 is 3.50. The van der Waals surface area contributed by atoms with E-state index in [0.717, 1.165) is 23.2 Å². The number of rotatable bonds is 4. The van der Waals surface area contributed by atoms with Crippen LogP contribution in [0.3, 0.4) is 0 Å². The number of carbonyl (C=O) groups is 1. The maximum absolute atomic E-state index is 12.2. The maximum atomic E-state index is 12.2. The predicted octanol–water partition coefficient (Wildman–Crippen LogP) is 1.77.